The van der Waals surface area contributed by atoms with E-state index in [9.17, 15) is 9.90 Å². The fraction of sp³-hybridized carbons (Fsp3) is 0.429. The van der Waals surface area contributed by atoms with E-state index in [-0.39, 0.29) is 11.7 Å². The highest BCUT2D eigenvalue weighted by Crippen LogP contribution is 2.40. The third-order valence-corrected chi connectivity index (χ3v) is 4.27. The Morgan fingerprint density at radius 1 is 1.32 bits per heavy atom. The first-order valence-electron chi connectivity index (χ1n) is 6.34. The van der Waals surface area contributed by atoms with E-state index >= 15 is 0 Å². The van der Waals surface area contributed by atoms with Crippen molar-refractivity contribution in [3.05, 3.63) is 24.3 Å². The first kappa shape index (κ1) is 13.8. The molecule has 0 atom stereocenters. The molecule has 1 amide bonds. The molecule has 3 N–H and O–H groups in total. The topological polar surface area (TPSA) is 66.6 Å². The minimum atomic E-state index is -0.692. The lowest BCUT2D eigenvalue weighted by atomic mass is 9.84. The molecule has 0 bridgehead atoms. The van der Waals surface area contributed by atoms with Gasteiger partial charge < -0.3 is 15.7 Å². The van der Waals surface area contributed by atoms with Crippen LogP contribution in [-0.2, 0) is 4.79 Å². The number of rotatable bonds is 3. The molecule has 1 saturated carbocycles. The average molecular weight is 278 g/mol. The number of phenols is 1. The number of amides is 1. The van der Waals surface area contributed by atoms with Gasteiger partial charge in [-0.25, -0.2) is 0 Å². The quantitative estimate of drug-likeness (QED) is 0.832. The standard InChI is InChI=1S/C14H18N2O2S/c1-16(10-4-6-11(17)7-5-10)13(18)14(12(15)19)8-2-3-9-14/h4-7,17H,2-3,8-9H2,1H3,(H2,15,19). The summed E-state index contributed by atoms with van der Waals surface area (Å²) in [6.45, 7) is 0. The molecule has 0 spiro atoms. The van der Waals surface area contributed by atoms with Crippen LogP contribution in [0.2, 0.25) is 0 Å². The monoisotopic (exact) mass is 278 g/mol. The molecule has 0 aromatic heterocycles. The molecular weight excluding hydrogens is 260 g/mol. The summed E-state index contributed by atoms with van der Waals surface area (Å²) >= 11 is 5.12. The van der Waals surface area contributed by atoms with Crippen LogP contribution in [0, 0.1) is 5.41 Å². The summed E-state index contributed by atoms with van der Waals surface area (Å²) in [7, 11) is 1.72. The Morgan fingerprint density at radius 2 is 1.84 bits per heavy atom. The third-order valence-electron chi connectivity index (χ3n) is 3.88. The molecule has 1 aliphatic rings. The molecule has 1 aliphatic carbocycles. The van der Waals surface area contributed by atoms with E-state index in [2.05, 4.69) is 0 Å². The fourth-order valence-corrected chi connectivity index (χ4v) is 2.95. The highest BCUT2D eigenvalue weighted by molar-refractivity contribution is 7.80. The molecule has 2 rings (SSSR count). The molecule has 1 fully saturated rings. The van der Waals surface area contributed by atoms with Crippen LogP contribution in [-0.4, -0.2) is 23.0 Å². The number of aromatic hydroxyl groups is 1. The number of thiocarbonyl (C=S) groups is 1. The number of carbonyl (C=O) groups excluding carboxylic acids is 1. The zero-order chi connectivity index (χ0) is 14.0. The maximum atomic E-state index is 12.7. The molecule has 0 saturated heterocycles. The van der Waals surface area contributed by atoms with Crippen molar-refractivity contribution in [2.75, 3.05) is 11.9 Å². The van der Waals surface area contributed by atoms with Crippen molar-refractivity contribution >= 4 is 28.8 Å². The summed E-state index contributed by atoms with van der Waals surface area (Å²) in [5.41, 5.74) is 5.85. The molecule has 0 unspecified atom stereocenters. The van der Waals surface area contributed by atoms with Gasteiger partial charge in [0.15, 0.2) is 0 Å². The van der Waals surface area contributed by atoms with Gasteiger partial charge in [-0.05, 0) is 37.1 Å². The second-order valence-electron chi connectivity index (χ2n) is 5.03. The Kier molecular flexibility index (Phi) is 3.75. The van der Waals surface area contributed by atoms with Crippen molar-refractivity contribution in [2.24, 2.45) is 11.1 Å². The fourth-order valence-electron chi connectivity index (χ4n) is 2.66. The lowest BCUT2D eigenvalue weighted by Crippen LogP contribution is -2.48. The maximum absolute atomic E-state index is 12.7. The van der Waals surface area contributed by atoms with Gasteiger partial charge in [0, 0.05) is 12.7 Å². The molecule has 0 aliphatic heterocycles. The first-order valence-corrected chi connectivity index (χ1v) is 6.75. The van der Waals surface area contributed by atoms with Crippen LogP contribution >= 0.6 is 12.2 Å². The zero-order valence-electron chi connectivity index (χ0n) is 10.9. The van der Waals surface area contributed by atoms with Crippen LogP contribution in [0.3, 0.4) is 0 Å². The molecule has 1 aromatic rings. The van der Waals surface area contributed by atoms with E-state index in [1.165, 1.54) is 0 Å². The van der Waals surface area contributed by atoms with Crippen LogP contribution in [0.5, 0.6) is 5.75 Å². The van der Waals surface area contributed by atoms with Gasteiger partial charge in [-0.3, -0.25) is 4.79 Å². The predicted molar refractivity (Wildman–Crippen MR) is 79.2 cm³/mol. The van der Waals surface area contributed by atoms with Crippen molar-refractivity contribution < 1.29 is 9.90 Å². The molecule has 1 aromatic carbocycles. The van der Waals surface area contributed by atoms with Gasteiger partial charge in [0.25, 0.3) is 0 Å². The predicted octanol–water partition coefficient (Wildman–Crippen LogP) is 2.20. The van der Waals surface area contributed by atoms with Gasteiger partial charge in [-0.2, -0.15) is 0 Å². The highest BCUT2D eigenvalue weighted by Gasteiger charge is 2.45. The average Bonchev–Trinajstić information content (AvgIpc) is 2.88. The van der Waals surface area contributed by atoms with Gasteiger partial charge in [0.1, 0.15) is 5.75 Å². The van der Waals surface area contributed by atoms with Crippen LogP contribution in [0.15, 0.2) is 24.3 Å². The van der Waals surface area contributed by atoms with Crippen LogP contribution in [0.25, 0.3) is 0 Å². The van der Waals surface area contributed by atoms with E-state index in [4.69, 9.17) is 18.0 Å². The zero-order valence-corrected chi connectivity index (χ0v) is 11.7. The van der Waals surface area contributed by atoms with Gasteiger partial charge in [0.2, 0.25) is 5.91 Å². The van der Waals surface area contributed by atoms with Crippen LogP contribution in [0.4, 0.5) is 5.69 Å². The SMILES string of the molecule is CN(C(=O)C1(C(N)=S)CCCC1)c1ccc(O)cc1. The number of carbonyl (C=O) groups is 1. The summed E-state index contributed by atoms with van der Waals surface area (Å²) in [5, 5.41) is 9.28. The Hall–Kier alpha value is -1.62. The lowest BCUT2D eigenvalue weighted by Gasteiger charge is -2.31. The van der Waals surface area contributed by atoms with Crippen molar-refractivity contribution in [3.63, 3.8) is 0 Å². The van der Waals surface area contributed by atoms with Crippen molar-refractivity contribution in [2.45, 2.75) is 25.7 Å². The number of nitrogens with two attached hydrogens (primary N) is 1. The number of benzene rings is 1. The number of nitrogens with zero attached hydrogens (tertiary/aromatic N) is 1. The minimum absolute atomic E-state index is 0.0526. The summed E-state index contributed by atoms with van der Waals surface area (Å²) < 4.78 is 0. The van der Waals surface area contributed by atoms with Crippen molar-refractivity contribution in [3.8, 4) is 5.75 Å². The van der Waals surface area contributed by atoms with Crippen molar-refractivity contribution in [1.29, 1.82) is 0 Å². The molecule has 4 nitrogen and oxygen atoms in total. The highest BCUT2D eigenvalue weighted by atomic mass is 32.1. The van der Waals surface area contributed by atoms with E-state index < -0.39 is 5.41 Å². The summed E-state index contributed by atoms with van der Waals surface area (Å²) in [4.78, 5) is 14.6. The van der Waals surface area contributed by atoms with Crippen molar-refractivity contribution in [1.82, 2.24) is 0 Å². The maximum Gasteiger partial charge on any atom is 0.239 e. The summed E-state index contributed by atoms with van der Waals surface area (Å²) in [6, 6.07) is 6.52. The summed E-state index contributed by atoms with van der Waals surface area (Å²) in [6.07, 6.45) is 3.41. The number of hydrogen-bond donors (Lipinski definition) is 2. The van der Waals surface area contributed by atoms with E-state index in [0.29, 0.717) is 4.99 Å². The lowest BCUT2D eigenvalue weighted by molar-refractivity contribution is -0.124. The molecule has 19 heavy (non-hydrogen) atoms. The molecule has 102 valence electrons. The van der Waals surface area contributed by atoms with E-state index in [0.717, 1.165) is 31.4 Å². The molecule has 5 heteroatoms. The van der Waals surface area contributed by atoms with Crippen LogP contribution < -0.4 is 10.6 Å². The van der Waals surface area contributed by atoms with Gasteiger partial charge in [0.05, 0.1) is 10.4 Å². The van der Waals surface area contributed by atoms with E-state index in [1.807, 2.05) is 0 Å². The van der Waals surface area contributed by atoms with Crippen LogP contribution in [0.1, 0.15) is 25.7 Å². The second kappa shape index (κ2) is 5.17. The Bertz CT molecular complexity index is 493. The largest absolute Gasteiger partial charge is 0.508 e. The number of phenolic OH excluding ortho intramolecular Hbond substituents is 1. The molecular formula is C14H18N2O2S. The van der Waals surface area contributed by atoms with Gasteiger partial charge >= 0.3 is 0 Å². The van der Waals surface area contributed by atoms with Gasteiger partial charge in [-0.15, -0.1) is 0 Å². The normalized spacial score (nSPS) is 17.1. The Labute approximate surface area is 118 Å². The molecule has 0 heterocycles. The van der Waals surface area contributed by atoms with Gasteiger partial charge in [-0.1, -0.05) is 25.1 Å². The smallest absolute Gasteiger partial charge is 0.239 e. The second-order valence-corrected chi connectivity index (χ2v) is 5.47. The van der Waals surface area contributed by atoms with E-state index in [1.54, 1.807) is 36.2 Å². The Morgan fingerprint density at radius 3 is 2.32 bits per heavy atom. The number of anilines is 1. The summed E-state index contributed by atoms with van der Waals surface area (Å²) in [5.74, 6) is 0.123. The Balaban J connectivity index is 2.27. The minimum Gasteiger partial charge on any atom is -0.508 e. The number of hydrogen-bond acceptors (Lipinski definition) is 3. The first-order chi connectivity index (χ1) is 8.97. The third kappa shape index (κ3) is 2.42. The molecule has 0 radical (unpaired) electrons.